The van der Waals surface area contributed by atoms with Crippen molar-refractivity contribution < 1.29 is 60.3 Å². The Labute approximate surface area is 277 Å². The molecule has 4 heterocycles. The molecule has 0 spiro atoms. The van der Waals surface area contributed by atoms with Gasteiger partial charge in [-0.2, -0.15) is 8.62 Å². The summed E-state index contributed by atoms with van der Waals surface area (Å²) in [6.07, 6.45) is -1.42. The van der Waals surface area contributed by atoms with Crippen LogP contribution in [0.3, 0.4) is 0 Å². The summed E-state index contributed by atoms with van der Waals surface area (Å²) in [6.45, 7) is -0.721. The van der Waals surface area contributed by atoms with Gasteiger partial charge in [0.2, 0.25) is 0 Å². The number of anilines is 1. The topological polar surface area (TPSA) is 246 Å². The molecule has 18 nitrogen and oxygen atoms in total. The molecule has 7 rings (SSSR count). The van der Waals surface area contributed by atoms with Crippen molar-refractivity contribution in [2.24, 2.45) is 0 Å². The Bertz CT molecular complexity index is 2140. The number of phosphoric ester groups is 2. The van der Waals surface area contributed by atoms with E-state index in [0.717, 1.165) is 10.9 Å². The maximum atomic E-state index is 12.8. The molecule has 21 heteroatoms. The minimum Gasteiger partial charge on any atom is -0.404 e. The van der Waals surface area contributed by atoms with E-state index in [-0.39, 0.29) is 11.6 Å². The molecule has 49 heavy (non-hydrogen) atoms. The number of nitrogen functional groups attached to an aromatic ring is 1. The van der Waals surface area contributed by atoms with Gasteiger partial charge in [-0.05, 0) is 28.5 Å². The summed E-state index contributed by atoms with van der Waals surface area (Å²) in [6, 6.07) is 20.7. The van der Waals surface area contributed by atoms with E-state index >= 15 is 0 Å². The predicted molar refractivity (Wildman–Crippen MR) is 169 cm³/mol. The number of nitrogens with zero attached hydrogens (tertiary/aromatic N) is 4. The van der Waals surface area contributed by atoms with Crippen LogP contribution >= 0.6 is 23.5 Å². The molecule has 0 saturated carbocycles. The van der Waals surface area contributed by atoms with Gasteiger partial charge in [0.1, 0.15) is 35.9 Å². The first-order chi connectivity index (χ1) is 23.3. The van der Waals surface area contributed by atoms with E-state index in [9.17, 15) is 28.4 Å². The third kappa shape index (κ3) is 7.61. The Morgan fingerprint density at radius 1 is 0.796 bits per heavy atom. The first-order valence-corrected chi connectivity index (χ1v) is 19.0. The highest BCUT2D eigenvalue weighted by Gasteiger charge is 2.54. The number of imidazole rings is 1. The van der Waals surface area contributed by atoms with Crippen molar-refractivity contribution in [2.75, 3.05) is 12.3 Å². The molecule has 258 valence electrons. The van der Waals surface area contributed by atoms with Gasteiger partial charge in [-0.15, -0.1) is 0 Å². The first-order valence-electron chi connectivity index (χ1n) is 14.5. The number of hydrogen-bond acceptors (Lipinski definition) is 14. The van der Waals surface area contributed by atoms with E-state index in [1.165, 1.54) is 24.8 Å². The molecule has 5 N–H and O–H groups in total. The second-order valence-electron chi connectivity index (χ2n) is 10.9. The lowest BCUT2D eigenvalue weighted by molar-refractivity contribution is -0.149. The van der Waals surface area contributed by atoms with Crippen LogP contribution in [-0.2, 0) is 47.5 Å². The van der Waals surface area contributed by atoms with Crippen molar-refractivity contribution in [2.45, 2.75) is 37.3 Å². The Balaban J connectivity index is 1.03. The molecule has 8 unspecified atom stereocenters. The summed E-state index contributed by atoms with van der Waals surface area (Å²) in [5.74, 6) is -0.0486. The number of aromatic nitrogens is 4. The Morgan fingerprint density at radius 3 is 2.31 bits per heavy atom. The number of fused-ring (bicyclic) bond motifs is 3. The van der Waals surface area contributed by atoms with Gasteiger partial charge in [-0.25, -0.2) is 28.6 Å². The second kappa shape index (κ2) is 13.3. The number of benzene rings is 3. The lowest BCUT2D eigenvalue weighted by Gasteiger charge is -2.22. The minimum atomic E-state index is -5.75. The van der Waals surface area contributed by atoms with Crippen molar-refractivity contribution in [3.63, 3.8) is 0 Å². The fourth-order valence-corrected chi connectivity index (χ4v) is 9.07. The zero-order valence-electron chi connectivity index (χ0n) is 25.0. The third-order valence-electron chi connectivity index (χ3n) is 7.57. The van der Waals surface area contributed by atoms with Crippen LogP contribution in [-0.4, -0.2) is 65.4 Å². The van der Waals surface area contributed by atoms with Crippen LogP contribution in [0.5, 0.6) is 5.75 Å². The fourth-order valence-electron chi connectivity index (χ4n) is 5.56. The van der Waals surface area contributed by atoms with Gasteiger partial charge in [0, 0.05) is 6.42 Å². The number of hydrogen-bond donors (Lipinski definition) is 4. The lowest BCUT2D eigenvalue weighted by atomic mass is 10.1. The van der Waals surface area contributed by atoms with Crippen LogP contribution in [0.15, 0.2) is 85.5 Å². The molecule has 0 amide bonds. The van der Waals surface area contributed by atoms with Crippen molar-refractivity contribution in [3.05, 3.63) is 91.0 Å². The molecule has 5 aromatic rings. The Hall–Kier alpha value is -3.60. The summed E-state index contributed by atoms with van der Waals surface area (Å²) in [5.41, 5.74) is 7.49. The first kappa shape index (κ1) is 33.9. The summed E-state index contributed by atoms with van der Waals surface area (Å²) in [7, 11) is -16.6. The van der Waals surface area contributed by atoms with Crippen molar-refractivity contribution in [1.29, 1.82) is 0 Å². The molecule has 2 aromatic heterocycles. The number of ether oxygens (including phenoxy) is 3. The molecule has 0 aliphatic carbocycles. The monoisotopic (exact) mass is 735 g/mol. The molecule has 0 bridgehead atoms. The van der Waals surface area contributed by atoms with Gasteiger partial charge in [0.25, 0.3) is 0 Å². The van der Waals surface area contributed by atoms with Gasteiger partial charge in [-0.3, -0.25) is 14.0 Å². The van der Waals surface area contributed by atoms with Crippen molar-refractivity contribution >= 4 is 51.2 Å². The molecular formula is C28H28N5O13P3. The summed E-state index contributed by atoms with van der Waals surface area (Å²) in [5, 5.41) is 1.43. The van der Waals surface area contributed by atoms with Gasteiger partial charge >= 0.3 is 23.5 Å². The van der Waals surface area contributed by atoms with Gasteiger partial charge in [0.05, 0.1) is 12.9 Å². The predicted octanol–water partition coefficient (Wildman–Crippen LogP) is 4.24. The highest BCUT2D eigenvalue weighted by atomic mass is 31.3. The zero-order chi connectivity index (χ0) is 34.4. The van der Waals surface area contributed by atoms with Gasteiger partial charge in [0.15, 0.2) is 24.0 Å². The van der Waals surface area contributed by atoms with Crippen LogP contribution in [0.4, 0.5) is 5.82 Å². The lowest BCUT2D eigenvalue weighted by Crippen LogP contribution is -2.31. The number of nitrogens with two attached hydrogens (primary N) is 1. The standard InChI is InChI=1S/C28H28N5O13P3/c29-26-23-27(31-15-30-26)33(16-32-23)28-25-24(42-22(43-25)12-17-6-2-1-3-7-17)21(41-28)14-40-47(34,35)45-49(38,39)46-48(36,37)44-20-11-10-18-8-4-5-9-19(18)13-20/h1-11,13,15-16,21-22,24-25,28H,12,14H2,(H,34,35)(H,36,37)(H,38,39)(H2,29,30,31). The average molecular weight is 735 g/mol. The van der Waals surface area contributed by atoms with E-state index in [0.29, 0.717) is 23.0 Å². The quantitative estimate of drug-likeness (QED) is 0.131. The Morgan fingerprint density at radius 2 is 1.51 bits per heavy atom. The van der Waals surface area contributed by atoms with Crippen LogP contribution in [0, 0.1) is 0 Å². The van der Waals surface area contributed by atoms with Crippen molar-refractivity contribution in [1.82, 2.24) is 19.5 Å². The van der Waals surface area contributed by atoms with Crippen LogP contribution in [0.25, 0.3) is 21.9 Å². The number of rotatable bonds is 12. The van der Waals surface area contributed by atoms with E-state index in [4.69, 9.17) is 29.0 Å². The Kier molecular flexibility index (Phi) is 9.17. The average Bonchev–Trinajstić information content (AvgIpc) is 3.74. The molecule has 3 aromatic carbocycles. The van der Waals surface area contributed by atoms with E-state index in [1.54, 1.807) is 34.9 Å². The van der Waals surface area contributed by atoms with E-state index in [1.807, 2.05) is 30.3 Å². The molecule has 2 fully saturated rings. The van der Waals surface area contributed by atoms with E-state index in [2.05, 4.69) is 23.6 Å². The van der Waals surface area contributed by atoms with E-state index < -0.39 is 60.9 Å². The summed E-state index contributed by atoms with van der Waals surface area (Å²) >= 11 is 0. The maximum absolute atomic E-state index is 12.8. The summed E-state index contributed by atoms with van der Waals surface area (Å²) < 4.78 is 76.4. The second-order valence-corrected chi connectivity index (χ2v) is 15.5. The molecule has 2 aliphatic heterocycles. The van der Waals surface area contributed by atoms with Crippen molar-refractivity contribution in [3.8, 4) is 5.75 Å². The highest BCUT2D eigenvalue weighted by molar-refractivity contribution is 7.67. The molecule has 2 saturated heterocycles. The molecule has 0 radical (unpaired) electrons. The van der Waals surface area contributed by atoms with Crippen LogP contribution < -0.4 is 10.3 Å². The molecule has 2 aliphatic rings. The SMILES string of the molecule is Nc1ncnc2c1ncn2C1OC(COP(=O)(O)OP(=O)(O)OP(=O)(O)Oc2ccc3ccccc3c2)C2OC(Cc3ccccc3)OC21. The normalized spacial score (nSPS) is 25.8. The highest BCUT2D eigenvalue weighted by Crippen LogP contribution is 2.67. The third-order valence-corrected chi connectivity index (χ3v) is 11.8. The number of phosphoric acid groups is 3. The fraction of sp³-hybridized carbons (Fsp3) is 0.250. The van der Waals surface area contributed by atoms with Gasteiger partial charge < -0.3 is 34.3 Å². The van der Waals surface area contributed by atoms with Crippen LogP contribution in [0.2, 0.25) is 0 Å². The van der Waals surface area contributed by atoms with Gasteiger partial charge in [-0.1, -0.05) is 60.7 Å². The largest absolute Gasteiger partial charge is 0.536 e. The maximum Gasteiger partial charge on any atom is 0.536 e. The molecule has 8 atom stereocenters. The smallest absolute Gasteiger partial charge is 0.404 e. The summed E-state index contributed by atoms with van der Waals surface area (Å²) in [4.78, 5) is 43.0. The van der Waals surface area contributed by atoms with Crippen LogP contribution in [0.1, 0.15) is 11.8 Å². The minimum absolute atomic E-state index is 0.132. The zero-order valence-corrected chi connectivity index (χ0v) is 27.7. The molecular weight excluding hydrogens is 707 g/mol.